The van der Waals surface area contributed by atoms with Crippen LogP contribution in [0.1, 0.15) is 361 Å². The zero-order chi connectivity index (χ0) is 52.2. The van der Waals surface area contributed by atoms with Crippen LogP contribution in [0.2, 0.25) is 0 Å². The van der Waals surface area contributed by atoms with E-state index in [1.54, 1.807) is 0 Å². The van der Waals surface area contributed by atoms with Gasteiger partial charge in [0.1, 0.15) is 0 Å². The fourth-order valence-corrected chi connectivity index (χ4v) is 10.2. The van der Waals surface area contributed by atoms with Gasteiger partial charge in [0.25, 0.3) is 0 Å². The van der Waals surface area contributed by atoms with E-state index in [1.165, 1.54) is 270 Å². The number of rotatable bonds is 61. The monoisotopic (exact) mass is 1010 g/mol. The number of nitrogens with one attached hydrogen (secondary N) is 1. The second kappa shape index (κ2) is 61.9. The molecule has 2 unspecified atom stereocenters. The molecule has 0 bridgehead atoms. The summed E-state index contributed by atoms with van der Waals surface area (Å²) in [5, 5.41) is 23.4. The highest BCUT2D eigenvalue weighted by Crippen LogP contribution is 2.18. The van der Waals surface area contributed by atoms with Gasteiger partial charge in [-0.15, -0.1) is 0 Å². The van der Waals surface area contributed by atoms with Crippen LogP contribution in [-0.4, -0.2) is 47.4 Å². The van der Waals surface area contributed by atoms with Crippen LogP contribution in [0.25, 0.3) is 0 Å². The van der Waals surface area contributed by atoms with Gasteiger partial charge in [-0.1, -0.05) is 295 Å². The van der Waals surface area contributed by atoms with Crippen LogP contribution in [-0.2, 0) is 14.3 Å². The molecule has 6 nitrogen and oxygen atoms in total. The average Bonchev–Trinajstić information content (AvgIpc) is 3.38. The highest BCUT2D eigenvalue weighted by molar-refractivity contribution is 5.76. The molecule has 0 fully saturated rings. The van der Waals surface area contributed by atoms with E-state index in [-0.39, 0.29) is 18.5 Å². The molecule has 72 heavy (non-hydrogen) atoms. The van der Waals surface area contributed by atoms with Crippen LogP contribution >= 0.6 is 0 Å². The summed E-state index contributed by atoms with van der Waals surface area (Å²) in [5.41, 5.74) is 0. The highest BCUT2D eigenvalue weighted by Gasteiger charge is 2.20. The van der Waals surface area contributed by atoms with Gasteiger partial charge >= 0.3 is 5.97 Å². The van der Waals surface area contributed by atoms with Gasteiger partial charge in [0.2, 0.25) is 5.91 Å². The number of carbonyl (C=O) groups excluding carboxylic acids is 2. The molecule has 1 amide bonds. The van der Waals surface area contributed by atoms with E-state index in [4.69, 9.17) is 4.74 Å². The fraction of sp³-hybridized carbons (Fsp3) is 0.909. The summed E-state index contributed by atoms with van der Waals surface area (Å²) in [7, 11) is 0. The summed E-state index contributed by atoms with van der Waals surface area (Å²) in [5.74, 6) is -0.0518. The van der Waals surface area contributed by atoms with Gasteiger partial charge < -0.3 is 20.3 Å². The maximum atomic E-state index is 12.5. The van der Waals surface area contributed by atoms with Gasteiger partial charge in [0.05, 0.1) is 25.4 Å². The topological polar surface area (TPSA) is 95.9 Å². The van der Waals surface area contributed by atoms with Crippen molar-refractivity contribution in [1.29, 1.82) is 0 Å². The van der Waals surface area contributed by atoms with Crippen LogP contribution in [0.4, 0.5) is 0 Å². The van der Waals surface area contributed by atoms with Crippen molar-refractivity contribution in [2.24, 2.45) is 0 Å². The van der Waals surface area contributed by atoms with E-state index in [0.29, 0.717) is 25.9 Å². The minimum Gasteiger partial charge on any atom is -0.466 e. The molecule has 2 atom stereocenters. The number of ether oxygens (including phenoxy) is 1. The number of amides is 1. The number of allylic oxidation sites excluding steroid dienone is 4. The second-order valence-electron chi connectivity index (χ2n) is 22.4. The zero-order valence-electron chi connectivity index (χ0n) is 48.7. The first-order valence-electron chi connectivity index (χ1n) is 32.6. The van der Waals surface area contributed by atoms with Gasteiger partial charge in [-0.2, -0.15) is 0 Å². The Bertz CT molecular complexity index is 1120. The number of hydrogen-bond acceptors (Lipinski definition) is 5. The molecule has 6 heteroatoms. The summed E-state index contributed by atoms with van der Waals surface area (Å²) >= 11 is 0. The van der Waals surface area contributed by atoms with Crippen molar-refractivity contribution in [1.82, 2.24) is 5.32 Å². The highest BCUT2D eigenvalue weighted by atomic mass is 16.5. The lowest BCUT2D eigenvalue weighted by Crippen LogP contribution is -2.45. The summed E-state index contributed by atoms with van der Waals surface area (Å²) in [4.78, 5) is 24.6. The lowest BCUT2D eigenvalue weighted by molar-refractivity contribution is -0.143. The first-order valence-corrected chi connectivity index (χ1v) is 32.6. The average molecular weight is 1010 g/mol. The van der Waals surface area contributed by atoms with E-state index in [9.17, 15) is 19.8 Å². The molecular formula is C66H127NO5. The summed E-state index contributed by atoms with van der Waals surface area (Å²) in [6.07, 6.45) is 76.2. The molecule has 0 heterocycles. The van der Waals surface area contributed by atoms with Crippen molar-refractivity contribution in [3.63, 3.8) is 0 Å². The molecule has 0 aliphatic carbocycles. The Morgan fingerprint density at radius 2 is 0.653 bits per heavy atom. The minimum atomic E-state index is -0.674. The lowest BCUT2D eigenvalue weighted by atomic mass is 10.0. The molecule has 0 saturated heterocycles. The Labute approximate surface area is 450 Å². The number of carbonyl (C=O) groups is 2. The quantitative estimate of drug-likeness (QED) is 0.0320. The van der Waals surface area contributed by atoms with E-state index in [0.717, 1.165) is 57.8 Å². The minimum absolute atomic E-state index is 0.00829. The Balaban J connectivity index is 3.45. The predicted octanol–water partition coefficient (Wildman–Crippen LogP) is 20.6. The third-order valence-corrected chi connectivity index (χ3v) is 15.2. The maximum Gasteiger partial charge on any atom is 0.305 e. The summed E-state index contributed by atoms with van der Waals surface area (Å²) in [6.45, 7) is 4.95. The molecule has 0 rings (SSSR count). The van der Waals surface area contributed by atoms with Crippen molar-refractivity contribution < 1.29 is 24.5 Å². The Kier molecular flexibility index (Phi) is 60.5. The second-order valence-corrected chi connectivity index (χ2v) is 22.4. The van der Waals surface area contributed by atoms with Crippen LogP contribution in [0.3, 0.4) is 0 Å². The molecule has 0 aliphatic rings. The van der Waals surface area contributed by atoms with Crippen molar-refractivity contribution >= 4 is 11.9 Å². The lowest BCUT2D eigenvalue weighted by Gasteiger charge is -2.22. The van der Waals surface area contributed by atoms with Crippen molar-refractivity contribution in [3.05, 3.63) is 24.3 Å². The molecular weight excluding hydrogens is 887 g/mol. The van der Waals surface area contributed by atoms with E-state index >= 15 is 0 Å². The Morgan fingerprint density at radius 1 is 0.375 bits per heavy atom. The molecule has 0 aromatic carbocycles. The molecule has 0 aliphatic heterocycles. The molecule has 0 aromatic rings. The van der Waals surface area contributed by atoms with E-state index in [2.05, 4.69) is 43.5 Å². The van der Waals surface area contributed by atoms with Gasteiger partial charge in [0, 0.05) is 12.8 Å². The molecule has 3 N–H and O–H groups in total. The largest absolute Gasteiger partial charge is 0.466 e. The molecule has 0 spiro atoms. The number of aliphatic hydroxyl groups excluding tert-OH is 2. The first-order chi connectivity index (χ1) is 35.5. The fourth-order valence-electron chi connectivity index (χ4n) is 10.2. The summed E-state index contributed by atoms with van der Waals surface area (Å²) in [6, 6.07) is -0.552. The van der Waals surface area contributed by atoms with Crippen LogP contribution in [0, 0.1) is 0 Å². The Hall–Kier alpha value is -1.66. The van der Waals surface area contributed by atoms with Crippen molar-refractivity contribution in [2.45, 2.75) is 373 Å². The van der Waals surface area contributed by atoms with Crippen molar-refractivity contribution in [2.75, 3.05) is 13.2 Å². The SMILES string of the molecule is CCCCCCCCC/C=C\CCCCCCCC(=O)OCCCCCCCC/C=C\CCCCCCCCCC(=O)NC(CO)C(O)CCCCCCCCCCCCCCCCCCCCCCCC. The van der Waals surface area contributed by atoms with Crippen LogP contribution in [0.15, 0.2) is 24.3 Å². The van der Waals surface area contributed by atoms with Gasteiger partial charge in [-0.25, -0.2) is 0 Å². The third kappa shape index (κ3) is 57.6. The number of unbranched alkanes of at least 4 members (excludes halogenated alkanes) is 46. The van der Waals surface area contributed by atoms with Crippen molar-refractivity contribution in [3.8, 4) is 0 Å². The Morgan fingerprint density at radius 3 is 0.986 bits per heavy atom. The molecule has 0 radical (unpaired) electrons. The smallest absolute Gasteiger partial charge is 0.305 e. The maximum absolute atomic E-state index is 12.5. The standard InChI is InChI=1S/C66H127NO5/c1-3-5-7-9-11-13-15-17-19-21-22-23-24-25-27-30-34-38-42-46-50-54-58-64(69)63(62-68)67-65(70)59-55-51-47-43-39-35-31-28-26-29-33-37-41-45-49-53-57-61-72-66(71)60-56-52-48-44-40-36-32-20-18-16-14-12-10-8-6-4-2/h20,26,29,32,63-64,68-69H,3-19,21-25,27-28,30-31,33-62H2,1-2H3,(H,67,70)/b29-26-,32-20-. The van der Waals surface area contributed by atoms with Gasteiger partial charge in [-0.3, -0.25) is 9.59 Å². The summed E-state index contributed by atoms with van der Waals surface area (Å²) < 4.78 is 5.48. The van der Waals surface area contributed by atoms with E-state index in [1.807, 2.05) is 0 Å². The van der Waals surface area contributed by atoms with Gasteiger partial charge in [-0.05, 0) is 77.0 Å². The number of esters is 1. The predicted molar refractivity (Wildman–Crippen MR) is 315 cm³/mol. The normalized spacial score (nSPS) is 12.7. The van der Waals surface area contributed by atoms with Gasteiger partial charge in [0.15, 0.2) is 0 Å². The molecule has 0 saturated carbocycles. The molecule has 0 aromatic heterocycles. The zero-order valence-corrected chi connectivity index (χ0v) is 48.7. The number of aliphatic hydroxyl groups is 2. The number of hydrogen-bond donors (Lipinski definition) is 3. The third-order valence-electron chi connectivity index (χ3n) is 15.2. The van der Waals surface area contributed by atoms with E-state index < -0.39 is 12.1 Å². The van der Waals surface area contributed by atoms with Crippen LogP contribution < -0.4 is 5.32 Å². The first kappa shape index (κ1) is 70.3. The van der Waals surface area contributed by atoms with Crippen LogP contribution in [0.5, 0.6) is 0 Å². The molecule has 426 valence electrons.